The third-order valence-electron chi connectivity index (χ3n) is 2.50. The lowest BCUT2D eigenvalue weighted by Gasteiger charge is -2.29. The van der Waals surface area contributed by atoms with Crippen LogP contribution in [0.2, 0.25) is 0 Å². The van der Waals surface area contributed by atoms with Crippen LogP contribution in [0.5, 0.6) is 0 Å². The second kappa shape index (κ2) is 4.96. The Kier molecular flexibility index (Phi) is 3.61. The van der Waals surface area contributed by atoms with Gasteiger partial charge in [-0.3, -0.25) is 0 Å². The molecule has 0 unspecified atom stereocenters. The number of anilines is 1. The van der Waals surface area contributed by atoms with E-state index in [1.54, 1.807) is 0 Å². The summed E-state index contributed by atoms with van der Waals surface area (Å²) in [5.74, 6) is 0. The summed E-state index contributed by atoms with van der Waals surface area (Å²) < 4.78 is 6.31. The number of aliphatic hydroxyl groups is 1. The van der Waals surface area contributed by atoms with Crippen molar-refractivity contribution in [1.29, 1.82) is 0 Å². The van der Waals surface area contributed by atoms with Gasteiger partial charge >= 0.3 is 0 Å². The summed E-state index contributed by atoms with van der Waals surface area (Å²) in [5, 5.41) is 9.12. The highest BCUT2D eigenvalue weighted by molar-refractivity contribution is 9.10. The number of rotatable bonds is 2. The van der Waals surface area contributed by atoms with Crippen molar-refractivity contribution in [2.45, 2.75) is 6.61 Å². The van der Waals surface area contributed by atoms with E-state index >= 15 is 0 Å². The van der Waals surface area contributed by atoms with Crippen LogP contribution in [0.15, 0.2) is 22.7 Å². The van der Waals surface area contributed by atoms with Crippen LogP contribution < -0.4 is 4.90 Å². The molecule has 0 bridgehead atoms. The summed E-state index contributed by atoms with van der Waals surface area (Å²) in [7, 11) is 0. The summed E-state index contributed by atoms with van der Waals surface area (Å²) in [6.45, 7) is 3.47. The Morgan fingerprint density at radius 1 is 1.27 bits per heavy atom. The van der Waals surface area contributed by atoms with Gasteiger partial charge in [-0.15, -0.1) is 0 Å². The van der Waals surface area contributed by atoms with Crippen LogP contribution in [0.25, 0.3) is 0 Å². The summed E-state index contributed by atoms with van der Waals surface area (Å²) in [4.78, 5) is 2.27. The molecule has 15 heavy (non-hydrogen) atoms. The predicted octanol–water partition coefficient (Wildman–Crippen LogP) is 1.78. The third kappa shape index (κ3) is 2.71. The molecular weight excluding hydrogens is 258 g/mol. The van der Waals surface area contributed by atoms with Crippen molar-refractivity contribution in [1.82, 2.24) is 0 Å². The van der Waals surface area contributed by atoms with Gasteiger partial charge in [0.1, 0.15) is 0 Å². The van der Waals surface area contributed by atoms with Crippen molar-refractivity contribution in [3.05, 3.63) is 28.2 Å². The Morgan fingerprint density at radius 3 is 2.67 bits per heavy atom. The first-order valence-corrected chi connectivity index (χ1v) is 5.82. The Morgan fingerprint density at radius 2 is 2.00 bits per heavy atom. The number of hydrogen-bond donors (Lipinski definition) is 1. The standard InChI is InChI=1S/C11H14BrNO2/c12-10-5-9(8-14)6-11(7-10)13-1-3-15-4-2-13/h5-7,14H,1-4,8H2. The largest absolute Gasteiger partial charge is 0.392 e. The van der Waals surface area contributed by atoms with Gasteiger partial charge in [0.2, 0.25) is 0 Å². The number of ether oxygens (including phenoxy) is 1. The average molecular weight is 272 g/mol. The molecule has 0 spiro atoms. The molecule has 1 aliphatic heterocycles. The van der Waals surface area contributed by atoms with Crippen LogP contribution in [-0.2, 0) is 11.3 Å². The smallest absolute Gasteiger partial charge is 0.0683 e. The van der Waals surface area contributed by atoms with E-state index in [9.17, 15) is 0 Å². The van der Waals surface area contributed by atoms with Gasteiger partial charge in [-0.25, -0.2) is 0 Å². The molecule has 0 radical (unpaired) electrons. The van der Waals surface area contributed by atoms with E-state index in [2.05, 4.69) is 26.9 Å². The van der Waals surface area contributed by atoms with E-state index in [0.29, 0.717) is 0 Å². The molecule has 0 aromatic heterocycles. The first kappa shape index (κ1) is 10.9. The van der Waals surface area contributed by atoms with E-state index in [4.69, 9.17) is 9.84 Å². The molecule has 82 valence electrons. The van der Waals surface area contributed by atoms with Crippen LogP contribution in [0, 0.1) is 0 Å². The second-order valence-corrected chi connectivity index (χ2v) is 4.49. The summed E-state index contributed by atoms with van der Waals surface area (Å²) >= 11 is 3.45. The second-order valence-electron chi connectivity index (χ2n) is 3.58. The van der Waals surface area contributed by atoms with Gasteiger partial charge in [0.05, 0.1) is 19.8 Å². The van der Waals surface area contributed by atoms with E-state index < -0.39 is 0 Å². The molecule has 3 nitrogen and oxygen atoms in total. The molecule has 0 saturated carbocycles. The van der Waals surface area contributed by atoms with Crippen molar-refractivity contribution in [2.24, 2.45) is 0 Å². The van der Waals surface area contributed by atoms with Crippen LogP contribution in [0.3, 0.4) is 0 Å². The summed E-state index contributed by atoms with van der Waals surface area (Å²) in [6.07, 6.45) is 0. The zero-order valence-corrected chi connectivity index (χ0v) is 10.0. The maximum atomic E-state index is 9.12. The van der Waals surface area contributed by atoms with Crippen molar-refractivity contribution in [3.63, 3.8) is 0 Å². The predicted molar refractivity (Wildman–Crippen MR) is 63.1 cm³/mol. The quantitative estimate of drug-likeness (QED) is 0.890. The van der Waals surface area contributed by atoms with Crippen molar-refractivity contribution < 1.29 is 9.84 Å². The maximum absolute atomic E-state index is 9.12. The van der Waals surface area contributed by atoms with Crippen molar-refractivity contribution in [2.75, 3.05) is 31.2 Å². The first-order chi connectivity index (χ1) is 7.29. The normalized spacial score (nSPS) is 16.8. The molecule has 1 fully saturated rings. The topological polar surface area (TPSA) is 32.7 Å². The molecule has 1 heterocycles. The number of halogens is 1. The van der Waals surface area contributed by atoms with Crippen LogP contribution >= 0.6 is 15.9 Å². The molecule has 0 aliphatic carbocycles. The Labute approximate surface area is 97.8 Å². The van der Waals surface area contributed by atoms with Gasteiger partial charge in [0.15, 0.2) is 0 Å². The molecule has 1 aromatic carbocycles. The monoisotopic (exact) mass is 271 g/mol. The molecule has 0 atom stereocenters. The molecule has 1 aromatic rings. The fourth-order valence-corrected chi connectivity index (χ4v) is 2.26. The minimum absolute atomic E-state index is 0.0801. The number of nitrogens with zero attached hydrogens (tertiary/aromatic N) is 1. The first-order valence-electron chi connectivity index (χ1n) is 5.02. The minimum Gasteiger partial charge on any atom is -0.392 e. The van der Waals surface area contributed by atoms with Gasteiger partial charge in [-0.2, -0.15) is 0 Å². The highest BCUT2D eigenvalue weighted by Gasteiger charge is 2.12. The third-order valence-corrected chi connectivity index (χ3v) is 2.96. The Bertz CT molecular complexity index is 337. The van der Waals surface area contributed by atoms with Gasteiger partial charge in [0.25, 0.3) is 0 Å². The van der Waals surface area contributed by atoms with E-state index in [0.717, 1.165) is 42.0 Å². The molecule has 4 heteroatoms. The van der Waals surface area contributed by atoms with Gasteiger partial charge in [-0.1, -0.05) is 15.9 Å². The van der Waals surface area contributed by atoms with E-state index in [1.807, 2.05) is 12.1 Å². The van der Waals surface area contributed by atoms with Gasteiger partial charge < -0.3 is 14.7 Å². The fraction of sp³-hybridized carbons (Fsp3) is 0.455. The van der Waals surface area contributed by atoms with Crippen molar-refractivity contribution in [3.8, 4) is 0 Å². The van der Waals surface area contributed by atoms with E-state index in [-0.39, 0.29) is 6.61 Å². The zero-order chi connectivity index (χ0) is 10.7. The summed E-state index contributed by atoms with van der Waals surface area (Å²) in [6, 6.07) is 6.03. The lowest BCUT2D eigenvalue weighted by atomic mass is 10.2. The zero-order valence-electron chi connectivity index (χ0n) is 8.45. The van der Waals surface area contributed by atoms with Gasteiger partial charge in [-0.05, 0) is 23.8 Å². The van der Waals surface area contributed by atoms with E-state index in [1.165, 1.54) is 0 Å². The SMILES string of the molecule is OCc1cc(Br)cc(N2CCOCC2)c1. The average Bonchev–Trinajstić information content (AvgIpc) is 2.29. The number of benzene rings is 1. The van der Waals surface area contributed by atoms with Crippen LogP contribution in [-0.4, -0.2) is 31.4 Å². The minimum atomic E-state index is 0.0801. The highest BCUT2D eigenvalue weighted by Crippen LogP contribution is 2.23. The molecule has 1 aliphatic rings. The maximum Gasteiger partial charge on any atom is 0.0683 e. The summed E-state index contributed by atoms with van der Waals surface area (Å²) in [5.41, 5.74) is 2.09. The molecule has 1 saturated heterocycles. The molecule has 2 rings (SSSR count). The Hall–Kier alpha value is -0.580. The lowest BCUT2D eigenvalue weighted by molar-refractivity contribution is 0.122. The molecule has 1 N–H and O–H groups in total. The van der Waals surface area contributed by atoms with Gasteiger partial charge in [0, 0.05) is 23.2 Å². The Balaban J connectivity index is 2.22. The van der Waals surface area contributed by atoms with Crippen LogP contribution in [0.4, 0.5) is 5.69 Å². The van der Waals surface area contributed by atoms with Crippen molar-refractivity contribution >= 4 is 21.6 Å². The lowest BCUT2D eigenvalue weighted by Crippen LogP contribution is -2.36. The number of hydrogen-bond acceptors (Lipinski definition) is 3. The molecule has 0 amide bonds. The number of morpholine rings is 1. The molecular formula is C11H14BrNO2. The van der Waals surface area contributed by atoms with Crippen LogP contribution in [0.1, 0.15) is 5.56 Å². The highest BCUT2D eigenvalue weighted by atomic mass is 79.9. The number of aliphatic hydroxyl groups excluding tert-OH is 1. The fourth-order valence-electron chi connectivity index (χ4n) is 1.73.